The van der Waals surface area contributed by atoms with Gasteiger partial charge in [0.15, 0.2) is 17.5 Å². The smallest absolute Gasteiger partial charge is 0.164 e. The number of hydrogen-bond donors (Lipinski definition) is 1. The summed E-state index contributed by atoms with van der Waals surface area (Å²) in [6.07, 6.45) is 6.18. The van der Waals surface area contributed by atoms with Gasteiger partial charge in [-0.2, -0.15) is 0 Å². The third-order valence-corrected chi connectivity index (χ3v) is 10.0. The minimum atomic E-state index is 0.624. The highest BCUT2D eigenvalue weighted by atomic mass is 15.0. The fraction of sp³-hybridized carbons (Fsp3) is 0.0408. The summed E-state index contributed by atoms with van der Waals surface area (Å²) in [4.78, 5) is 15.1. The normalized spacial score (nSPS) is 12.0. The summed E-state index contributed by atoms with van der Waals surface area (Å²) in [6.45, 7) is 2.07. The van der Waals surface area contributed by atoms with Gasteiger partial charge in [-0.05, 0) is 103 Å². The first-order chi connectivity index (χ1) is 26.2. The van der Waals surface area contributed by atoms with Crippen LogP contribution in [0.4, 0.5) is 0 Å². The lowest BCUT2D eigenvalue weighted by atomic mass is 9.89. The summed E-state index contributed by atoms with van der Waals surface area (Å²) in [6, 6.07) is 55.9. The first-order valence-corrected chi connectivity index (χ1v) is 18.0. The van der Waals surface area contributed by atoms with E-state index in [9.17, 15) is 0 Å². The van der Waals surface area contributed by atoms with Crippen molar-refractivity contribution in [2.75, 3.05) is 7.05 Å². The van der Waals surface area contributed by atoms with Crippen LogP contribution in [-0.2, 0) is 0 Å². The molecule has 0 aliphatic rings. The van der Waals surface area contributed by atoms with Crippen molar-refractivity contribution >= 4 is 37.9 Å². The van der Waals surface area contributed by atoms with Crippen LogP contribution in [0, 0.1) is 0 Å². The third kappa shape index (κ3) is 6.00. The highest BCUT2D eigenvalue weighted by Crippen LogP contribution is 2.40. The zero-order valence-corrected chi connectivity index (χ0v) is 29.6. The zero-order chi connectivity index (χ0) is 35.7. The molecule has 0 saturated carbocycles. The number of nitrogens with zero attached hydrogens (tertiary/aromatic N) is 3. The lowest BCUT2D eigenvalue weighted by Crippen LogP contribution is -2.01. The van der Waals surface area contributed by atoms with E-state index in [-0.39, 0.29) is 0 Å². The molecule has 4 heteroatoms. The van der Waals surface area contributed by atoms with E-state index < -0.39 is 0 Å². The van der Waals surface area contributed by atoms with Crippen molar-refractivity contribution in [3.8, 4) is 56.4 Å². The molecule has 1 N–H and O–H groups in total. The number of benzene rings is 8. The topological polar surface area (TPSA) is 50.7 Å². The van der Waals surface area contributed by atoms with Gasteiger partial charge >= 0.3 is 0 Å². The Morgan fingerprint density at radius 1 is 0.472 bits per heavy atom. The van der Waals surface area contributed by atoms with Gasteiger partial charge in [0.2, 0.25) is 0 Å². The standard InChI is InChI=1S/C49H36N4/c1-3-32(27-28-50-2)40-29-41(31-42(30-40)49-52-47(38-11-6-4-7-12-38)51-48(53-49)39-13-8-5-9-14-39)33-17-19-34(20-18-33)43-25-23-37-22-21-35-15-10-16-36-24-26-44(43)46(37)45(35)36/h3-31,50H,1-2H3/b28-27-,32-3+. The molecular weight excluding hydrogens is 645 g/mol. The molecular formula is C49H36N4. The van der Waals surface area contributed by atoms with Crippen LogP contribution in [0.25, 0.3) is 94.3 Å². The molecule has 53 heavy (non-hydrogen) atoms. The molecule has 9 aromatic rings. The van der Waals surface area contributed by atoms with Crippen molar-refractivity contribution in [1.82, 2.24) is 20.3 Å². The van der Waals surface area contributed by atoms with E-state index in [1.165, 1.54) is 43.4 Å². The average molecular weight is 681 g/mol. The van der Waals surface area contributed by atoms with Crippen molar-refractivity contribution in [2.45, 2.75) is 6.92 Å². The molecule has 0 aliphatic heterocycles. The summed E-state index contributed by atoms with van der Waals surface area (Å²) < 4.78 is 0. The summed E-state index contributed by atoms with van der Waals surface area (Å²) in [7, 11) is 1.91. The Morgan fingerprint density at radius 3 is 1.64 bits per heavy atom. The molecule has 0 spiro atoms. The Kier molecular flexibility index (Phi) is 8.26. The van der Waals surface area contributed by atoms with Crippen LogP contribution in [0.15, 0.2) is 176 Å². The zero-order valence-electron chi connectivity index (χ0n) is 29.6. The van der Waals surface area contributed by atoms with Crippen LogP contribution >= 0.6 is 0 Å². The predicted octanol–water partition coefficient (Wildman–Crippen LogP) is 12.2. The molecule has 9 rings (SSSR count). The molecule has 0 saturated heterocycles. The molecule has 0 atom stereocenters. The van der Waals surface area contributed by atoms with E-state index in [1.807, 2.05) is 73.9 Å². The maximum Gasteiger partial charge on any atom is 0.164 e. The Labute approximate surface area is 309 Å². The fourth-order valence-corrected chi connectivity index (χ4v) is 7.39. The van der Waals surface area contributed by atoms with Crippen LogP contribution < -0.4 is 5.32 Å². The molecule has 0 bridgehead atoms. The van der Waals surface area contributed by atoms with E-state index in [4.69, 9.17) is 15.0 Å². The van der Waals surface area contributed by atoms with Crippen LogP contribution in [0.3, 0.4) is 0 Å². The number of aromatic nitrogens is 3. The minimum Gasteiger partial charge on any atom is -0.394 e. The van der Waals surface area contributed by atoms with Gasteiger partial charge in [-0.25, -0.2) is 15.0 Å². The number of nitrogens with one attached hydrogen (secondary N) is 1. The van der Waals surface area contributed by atoms with E-state index in [0.717, 1.165) is 39.0 Å². The Bertz CT molecular complexity index is 2730. The first kappa shape index (κ1) is 32.0. The summed E-state index contributed by atoms with van der Waals surface area (Å²) >= 11 is 0. The molecule has 252 valence electrons. The van der Waals surface area contributed by atoms with E-state index in [1.54, 1.807) is 0 Å². The van der Waals surface area contributed by atoms with Crippen LogP contribution in [0.1, 0.15) is 12.5 Å². The van der Waals surface area contributed by atoms with Crippen molar-refractivity contribution in [3.05, 3.63) is 182 Å². The Balaban J connectivity index is 1.18. The second-order valence-electron chi connectivity index (χ2n) is 13.2. The van der Waals surface area contributed by atoms with Gasteiger partial charge in [0.05, 0.1) is 0 Å². The highest BCUT2D eigenvalue weighted by molar-refractivity contribution is 6.25. The maximum atomic E-state index is 5.07. The molecule has 0 aliphatic carbocycles. The Hall–Kier alpha value is -6.91. The fourth-order valence-electron chi connectivity index (χ4n) is 7.39. The number of rotatable bonds is 8. The number of allylic oxidation sites excluding steroid dienone is 3. The van der Waals surface area contributed by atoms with E-state index in [0.29, 0.717) is 17.5 Å². The van der Waals surface area contributed by atoms with Gasteiger partial charge in [0, 0.05) is 23.7 Å². The lowest BCUT2D eigenvalue weighted by molar-refractivity contribution is 1.07. The van der Waals surface area contributed by atoms with E-state index >= 15 is 0 Å². The molecule has 1 aromatic heterocycles. The maximum absolute atomic E-state index is 5.07. The molecule has 0 unspecified atom stereocenters. The van der Waals surface area contributed by atoms with Crippen molar-refractivity contribution in [1.29, 1.82) is 0 Å². The van der Waals surface area contributed by atoms with Crippen molar-refractivity contribution in [3.63, 3.8) is 0 Å². The third-order valence-electron chi connectivity index (χ3n) is 10.0. The van der Waals surface area contributed by atoms with Gasteiger partial charge in [-0.3, -0.25) is 0 Å². The van der Waals surface area contributed by atoms with Crippen LogP contribution in [0.2, 0.25) is 0 Å². The molecule has 8 aromatic carbocycles. The molecule has 0 radical (unpaired) electrons. The molecule has 0 amide bonds. The van der Waals surface area contributed by atoms with Crippen LogP contribution in [0.5, 0.6) is 0 Å². The summed E-state index contributed by atoms with van der Waals surface area (Å²) in [5.74, 6) is 1.90. The van der Waals surface area contributed by atoms with Gasteiger partial charge < -0.3 is 5.32 Å². The summed E-state index contributed by atoms with van der Waals surface area (Å²) in [5, 5.41) is 10.9. The monoisotopic (exact) mass is 680 g/mol. The van der Waals surface area contributed by atoms with E-state index in [2.05, 4.69) is 121 Å². The highest BCUT2D eigenvalue weighted by Gasteiger charge is 2.16. The van der Waals surface area contributed by atoms with Gasteiger partial charge in [0.25, 0.3) is 0 Å². The average Bonchev–Trinajstić information content (AvgIpc) is 3.23. The van der Waals surface area contributed by atoms with Crippen molar-refractivity contribution < 1.29 is 0 Å². The van der Waals surface area contributed by atoms with Crippen molar-refractivity contribution in [2.24, 2.45) is 0 Å². The van der Waals surface area contributed by atoms with Gasteiger partial charge in [-0.15, -0.1) is 0 Å². The minimum absolute atomic E-state index is 0.624. The number of hydrogen-bond acceptors (Lipinski definition) is 4. The van der Waals surface area contributed by atoms with Gasteiger partial charge in [-0.1, -0.05) is 146 Å². The molecule has 1 heterocycles. The van der Waals surface area contributed by atoms with Gasteiger partial charge in [0.1, 0.15) is 0 Å². The second-order valence-corrected chi connectivity index (χ2v) is 13.2. The van der Waals surface area contributed by atoms with Crippen LogP contribution in [-0.4, -0.2) is 22.0 Å². The SMILES string of the molecule is C/C=C(\C=C/NC)c1cc(-c2ccc(-c3ccc4ccc5cccc6ccc3c4c56)cc2)cc(-c2nc(-c3ccccc3)nc(-c3ccccc3)n2)c1. The lowest BCUT2D eigenvalue weighted by Gasteiger charge is -2.15. The quantitative estimate of drug-likeness (QED) is 0.128. The Morgan fingerprint density at radius 2 is 1.02 bits per heavy atom. The molecule has 0 fully saturated rings. The second kappa shape index (κ2) is 13.7. The summed E-state index contributed by atoms with van der Waals surface area (Å²) in [5.41, 5.74) is 9.59. The molecule has 4 nitrogen and oxygen atoms in total. The largest absolute Gasteiger partial charge is 0.394 e. The first-order valence-electron chi connectivity index (χ1n) is 18.0. The predicted molar refractivity (Wildman–Crippen MR) is 223 cm³/mol.